The van der Waals surface area contributed by atoms with Crippen LogP contribution in [0.15, 0.2) is 65.2 Å². The molecule has 0 amide bonds. The van der Waals surface area contributed by atoms with Crippen LogP contribution in [-0.4, -0.2) is 12.0 Å². The molecule has 0 aromatic heterocycles. The minimum Gasteiger partial charge on any atom is -0.493 e. The third-order valence-corrected chi connectivity index (χ3v) is 7.73. The van der Waals surface area contributed by atoms with E-state index in [9.17, 15) is 10.1 Å². The van der Waals surface area contributed by atoms with Gasteiger partial charge in [0.2, 0.25) is 0 Å². The number of nitrogens with zero attached hydrogens (tertiary/aromatic N) is 1. The predicted molar refractivity (Wildman–Crippen MR) is 141 cm³/mol. The maximum Gasteiger partial charge on any atom is 0.269 e. The van der Waals surface area contributed by atoms with Gasteiger partial charge in [0.15, 0.2) is 11.5 Å². The quantitative estimate of drug-likeness (QED) is 0.183. The van der Waals surface area contributed by atoms with E-state index in [1.165, 1.54) is 6.07 Å². The van der Waals surface area contributed by atoms with Crippen molar-refractivity contribution in [2.75, 3.05) is 12.4 Å². The van der Waals surface area contributed by atoms with Crippen LogP contribution < -0.4 is 14.8 Å². The number of halogens is 3. The Morgan fingerprint density at radius 1 is 1.17 bits per heavy atom. The van der Waals surface area contributed by atoms with E-state index < -0.39 is 0 Å². The first-order chi connectivity index (χ1) is 16.9. The summed E-state index contributed by atoms with van der Waals surface area (Å²) in [5.41, 5.74) is 3.82. The van der Waals surface area contributed by atoms with Gasteiger partial charge >= 0.3 is 0 Å². The lowest BCUT2D eigenvalue weighted by atomic mass is 9.77. The highest BCUT2D eigenvalue weighted by atomic mass is 79.9. The van der Waals surface area contributed by atoms with Crippen LogP contribution >= 0.6 is 39.1 Å². The van der Waals surface area contributed by atoms with Crippen LogP contribution in [-0.2, 0) is 6.61 Å². The molecule has 0 bridgehead atoms. The zero-order chi connectivity index (χ0) is 24.7. The van der Waals surface area contributed by atoms with E-state index in [1.54, 1.807) is 31.4 Å². The molecule has 0 unspecified atom stereocenters. The van der Waals surface area contributed by atoms with E-state index in [0.29, 0.717) is 21.5 Å². The molecule has 3 aromatic rings. The number of benzene rings is 3. The van der Waals surface area contributed by atoms with Crippen molar-refractivity contribution in [1.29, 1.82) is 0 Å². The highest BCUT2D eigenvalue weighted by molar-refractivity contribution is 9.10. The van der Waals surface area contributed by atoms with Gasteiger partial charge in [-0.3, -0.25) is 10.1 Å². The van der Waals surface area contributed by atoms with Crippen LogP contribution in [0.25, 0.3) is 0 Å². The molecule has 0 radical (unpaired) electrons. The summed E-state index contributed by atoms with van der Waals surface area (Å²) in [5.74, 6) is 1.50. The number of rotatable bonds is 6. The monoisotopic (exact) mass is 574 g/mol. The first-order valence-electron chi connectivity index (χ1n) is 11.0. The van der Waals surface area contributed by atoms with E-state index >= 15 is 0 Å². The van der Waals surface area contributed by atoms with Gasteiger partial charge in [-0.05, 0) is 69.7 Å². The molecule has 1 heterocycles. The Labute approximate surface area is 221 Å². The molecular weight excluding hydrogens is 555 g/mol. The largest absolute Gasteiger partial charge is 0.493 e. The van der Waals surface area contributed by atoms with E-state index in [1.807, 2.05) is 18.2 Å². The molecule has 0 saturated carbocycles. The molecule has 3 atom stereocenters. The van der Waals surface area contributed by atoms with Crippen molar-refractivity contribution in [2.24, 2.45) is 5.92 Å². The minimum absolute atomic E-state index is 0.00563. The zero-order valence-electron chi connectivity index (χ0n) is 18.6. The van der Waals surface area contributed by atoms with Crippen molar-refractivity contribution in [3.63, 3.8) is 0 Å². The summed E-state index contributed by atoms with van der Waals surface area (Å²) in [6.07, 6.45) is 5.18. The van der Waals surface area contributed by atoms with Crippen molar-refractivity contribution in [3.05, 3.63) is 102 Å². The lowest BCUT2D eigenvalue weighted by molar-refractivity contribution is -0.384. The summed E-state index contributed by atoms with van der Waals surface area (Å²) in [6.45, 7) is 0.257. The van der Waals surface area contributed by atoms with E-state index in [0.717, 1.165) is 33.3 Å². The summed E-state index contributed by atoms with van der Waals surface area (Å²) in [4.78, 5) is 11.0. The smallest absolute Gasteiger partial charge is 0.269 e. The SMILES string of the molecule is COc1cc([C@@H]2Nc3ccc([N+](=O)[O-])cc3[C@@H]3C=CC[C@@H]32)cc(Br)c1OCc1ccc(Cl)cc1Cl. The Balaban J connectivity index is 1.45. The Morgan fingerprint density at radius 3 is 2.74 bits per heavy atom. The second kappa shape index (κ2) is 9.72. The number of nitrogens with one attached hydrogen (secondary N) is 1. The van der Waals surface area contributed by atoms with Gasteiger partial charge in [0, 0.05) is 39.3 Å². The zero-order valence-corrected chi connectivity index (χ0v) is 21.7. The topological polar surface area (TPSA) is 73.6 Å². The fourth-order valence-electron chi connectivity index (χ4n) is 4.87. The molecule has 1 N–H and O–H groups in total. The summed E-state index contributed by atoms with van der Waals surface area (Å²) in [7, 11) is 1.61. The van der Waals surface area contributed by atoms with E-state index in [4.69, 9.17) is 32.7 Å². The van der Waals surface area contributed by atoms with Crippen LogP contribution in [0, 0.1) is 16.0 Å². The van der Waals surface area contributed by atoms with Crippen LogP contribution in [0.4, 0.5) is 11.4 Å². The number of allylic oxidation sites excluding steroid dienone is 2. The standard InChI is InChI=1S/C26H21BrCl2N2O4/c1-34-24-10-15(9-21(27)26(24)35-13-14-5-6-16(28)11-22(14)29)25-19-4-2-3-18(19)20-12-17(31(32)33)7-8-23(20)30-25/h2-3,5-12,18-19,25,30H,4,13H2,1H3/t18-,19+,25+/m1/s1. The molecule has 180 valence electrons. The molecule has 0 fully saturated rings. The average Bonchev–Trinajstić information content (AvgIpc) is 3.33. The highest BCUT2D eigenvalue weighted by Gasteiger charge is 2.39. The molecule has 1 aliphatic heterocycles. The maximum atomic E-state index is 11.3. The summed E-state index contributed by atoms with van der Waals surface area (Å²) in [6, 6.07) is 14.3. The summed E-state index contributed by atoms with van der Waals surface area (Å²) >= 11 is 16.0. The highest BCUT2D eigenvalue weighted by Crippen LogP contribution is 2.52. The fraction of sp³-hybridized carbons (Fsp3) is 0.231. The number of non-ortho nitro benzene ring substituents is 1. The second-order valence-electron chi connectivity index (χ2n) is 8.56. The van der Waals surface area contributed by atoms with Crippen LogP contribution in [0.3, 0.4) is 0 Å². The van der Waals surface area contributed by atoms with Gasteiger partial charge in [-0.2, -0.15) is 0 Å². The van der Waals surface area contributed by atoms with Crippen LogP contribution in [0.5, 0.6) is 11.5 Å². The molecule has 5 rings (SSSR count). The lowest BCUT2D eigenvalue weighted by Crippen LogP contribution is -2.29. The second-order valence-corrected chi connectivity index (χ2v) is 10.3. The van der Waals surface area contributed by atoms with Crippen molar-refractivity contribution in [1.82, 2.24) is 0 Å². The van der Waals surface area contributed by atoms with E-state index in [-0.39, 0.29) is 35.1 Å². The van der Waals surface area contributed by atoms with Crippen LogP contribution in [0.2, 0.25) is 10.0 Å². The van der Waals surface area contributed by atoms with Gasteiger partial charge in [0.05, 0.1) is 22.5 Å². The van der Waals surface area contributed by atoms with Gasteiger partial charge in [-0.15, -0.1) is 0 Å². The minimum atomic E-state index is -0.349. The van der Waals surface area contributed by atoms with Crippen LogP contribution in [0.1, 0.15) is 35.1 Å². The first kappa shape index (κ1) is 24.0. The van der Waals surface area contributed by atoms with E-state index in [2.05, 4.69) is 33.4 Å². The molecular formula is C26H21BrCl2N2O4. The Kier molecular flexibility index (Phi) is 6.66. The molecule has 0 saturated heterocycles. The van der Waals surface area contributed by atoms with Gasteiger partial charge in [0.25, 0.3) is 5.69 Å². The predicted octanol–water partition coefficient (Wildman–Crippen LogP) is 8.08. The Hall–Kier alpha value is -2.74. The number of nitro benzene ring substituents is 1. The molecule has 3 aromatic carbocycles. The maximum absolute atomic E-state index is 11.3. The molecule has 6 nitrogen and oxygen atoms in total. The van der Waals surface area contributed by atoms with Gasteiger partial charge in [-0.1, -0.05) is 41.4 Å². The number of hydrogen-bond donors (Lipinski definition) is 1. The van der Waals surface area contributed by atoms with Gasteiger partial charge in [-0.25, -0.2) is 0 Å². The normalized spacial score (nSPS) is 20.1. The van der Waals surface area contributed by atoms with Crippen molar-refractivity contribution in [3.8, 4) is 11.5 Å². The van der Waals surface area contributed by atoms with Gasteiger partial charge in [0.1, 0.15) is 6.61 Å². The number of methoxy groups -OCH3 is 1. The third-order valence-electron chi connectivity index (χ3n) is 6.56. The molecule has 2 aliphatic rings. The third kappa shape index (κ3) is 4.60. The lowest BCUT2D eigenvalue weighted by Gasteiger charge is -2.37. The fourth-order valence-corrected chi connectivity index (χ4v) is 5.91. The van der Waals surface area contributed by atoms with Crippen molar-refractivity contribution >= 4 is 50.5 Å². The Morgan fingerprint density at radius 2 is 2.00 bits per heavy atom. The van der Waals surface area contributed by atoms with Gasteiger partial charge < -0.3 is 14.8 Å². The molecule has 1 aliphatic carbocycles. The summed E-state index contributed by atoms with van der Waals surface area (Å²) in [5, 5.41) is 16.0. The number of nitro groups is 1. The number of anilines is 1. The molecule has 9 heteroatoms. The number of fused-ring (bicyclic) bond motifs is 3. The van der Waals surface area contributed by atoms with Crippen molar-refractivity contribution in [2.45, 2.75) is 25.0 Å². The number of hydrogen-bond acceptors (Lipinski definition) is 5. The molecule has 35 heavy (non-hydrogen) atoms. The molecule has 0 spiro atoms. The summed E-state index contributed by atoms with van der Waals surface area (Å²) < 4.78 is 12.5. The van der Waals surface area contributed by atoms with Crippen molar-refractivity contribution < 1.29 is 14.4 Å². The average molecular weight is 576 g/mol. The first-order valence-corrected chi connectivity index (χ1v) is 12.6. The number of ether oxygens (including phenoxy) is 2. The Bertz CT molecular complexity index is 1350.